The van der Waals surface area contributed by atoms with E-state index in [0.29, 0.717) is 12.0 Å². The summed E-state index contributed by atoms with van der Waals surface area (Å²) in [5, 5.41) is 19.8. The van der Waals surface area contributed by atoms with Gasteiger partial charge in [0.25, 0.3) is 5.91 Å². The molecule has 52 heavy (non-hydrogen) atoms. The van der Waals surface area contributed by atoms with Crippen molar-refractivity contribution in [2.45, 2.75) is 96.4 Å². The van der Waals surface area contributed by atoms with Gasteiger partial charge in [0.15, 0.2) is 6.04 Å². The smallest absolute Gasteiger partial charge is 0.330 e. The molecule has 282 valence electrons. The normalized spacial score (nSPS) is 17.5. The topological polar surface area (TPSA) is 194 Å². The molecule has 1 saturated heterocycles. The molecular weight excluding hydrogens is 668 g/mol. The molecule has 4 atom stereocenters. The summed E-state index contributed by atoms with van der Waals surface area (Å²) in [4.78, 5) is 94.6. The van der Waals surface area contributed by atoms with E-state index in [9.17, 15) is 38.7 Å². The zero-order valence-corrected chi connectivity index (χ0v) is 30.4. The van der Waals surface area contributed by atoms with Crippen molar-refractivity contribution in [1.29, 1.82) is 0 Å². The number of rotatable bonds is 16. The van der Waals surface area contributed by atoms with Crippen molar-refractivity contribution in [3.05, 3.63) is 71.8 Å². The molecule has 1 heterocycles. The number of nitrogens with one attached hydrogen (secondary N) is 4. The number of nitrogens with zero attached hydrogens (tertiary/aromatic N) is 2. The van der Waals surface area contributed by atoms with E-state index in [2.05, 4.69) is 21.3 Å². The van der Waals surface area contributed by atoms with Crippen molar-refractivity contribution in [2.75, 3.05) is 20.1 Å². The lowest BCUT2D eigenvalue weighted by Crippen LogP contribution is -2.58. The highest BCUT2D eigenvalue weighted by molar-refractivity contribution is 6.38. The van der Waals surface area contributed by atoms with Crippen LogP contribution in [0.5, 0.6) is 0 Å². The van der Waals surface area contributed by atoms with Gasteiger partial charge >= 0.3 is 12.0 Å². The number of carbonyl (C=O) groups is 7. The zero-order chi connectivity index (χ0) is 38.2. The largest absolute Gasteiger partial charge is 0.479 e. The molecule has 1 aliphatic carbocycles. The van der Waals surface area contributed by atoms with E-state index in [1.807, 2.05) is 44.2 Å². The number of carboxylic acid groups (broad SMARTS) is 1. The lowest BCUT2D eigenvalue weighted by molar-refractivity contribution is -0.143. The predicted octanol–water partition coefficient (Wildman–Crippen LogP) is 2.93. The van der Waals surface area contributed by atoms with E-state index in [0.717, 1.165) is 42.6 Å². The molecule has 4 rings (SSSR count). The number of amides is 6. The van der Waals surface area contributed by atoms with E-state index >= 15 is 0 Å². The summed E-state index contributed by atoms with van der Waals surface area (Å²) in [6.07, 6.45) is 5.10. The number of likely N-dealkylation sites (N-methyl/N-ethyl adjacent to an activating group) is 1. The number of carboxylic acids is 1. The number of carbonyl (C=O) groups excluding carboxylic acids is 6. The summed E-state index contributed by atoms with van der Waals surface area (Å²) in [5.74, 6) is -5.61. The van der Waals surface area contributed by atoms with E-state index in [1.165, 1.54) is 17.0 Å². The van der Waals surface area contributed by atoms with E-state index < -0.39 is 72.1 Å². The second-order valence-corrected chi connectivity index (χ2v) is 12.7. The monoisotopic (exact) mass is 720 g/mol. The minimum absolute atomic E-state index is 0.00489. The van der Waals surface area contributed by atoms with Crippen LogP contribution in [-0.4, -0.2) is 94.6 Å². The van der Waals surface area contributed by atoms with Crippen molar-refractivity contribution in [2.24, 2.45) is 5.92 Å². The van der Waals surface area contributed by atoms with Crippen molar-refractivity contribution < 1.29 is 38.7 Å². The van der Waals surface area contributed by atoms with E-state index in [1.54, 1.807) is 32.2 Å². The van der Waals surface area contributed by atoms with Crippen molar-refractivity contribution in [3.63, 3.8) is 0 Å². The molecule has 0 radical (unpaired) electrons. The standard InChI is InChI=1S/C36H46N6O8.C2H6/c1-3-13-26(31(44)33(46)38-20-28(43)40-30(35(48)49)25-18-11-6-12-19-25)39-32(45)27-22-41(21-23-14-7-4-8-15-23)36(50)42(27)34(47)29(37-2)24-16-9-5-10-17-24;1-2/h4,6-8,11-12,14-15,18-19,24,26-27,29-30,37H,3,5,9-10,13,16-17,20-22H2,1-2H3,(H,38,46)(H,39,45)(H,40,43)(H,48,49);1-2H3. The zero-order valence-electron chi connectivity index (χ0n) is 30.4. The average molecular weight is 721 g/mol. The first-order chi connectivity index (χ1) is 25.0. The van der Waals surface area contributed by atoms with Gasteiger partial charge in [-0.05, 0) is 43.4 Å². The highest BCUT2D eigenvalue weighted by Gasteiger charge is 2.48. The minimum atomic E-state index is -1.37. The van der Waals surface area contributed by atoms with Crippen molar-refractivity contribution in [1.82, 2.24) is 31.1 Å². The van der Waals surface area contributed by atoms with Crippen LogP contribution >= 0.6 is 0 Å². The number of aliphatic carboxylic acids is 1. The summed E-state index contributed by atoms with van der Waals surface area (Å²) in [6.45, 7) is 5.12. The second kappa shape index (κ2) is 20.7. The van der Waals surface area contributed by atoms with Gasteiger partial charge in [0, 0.05) is 6.54 Å². The molecule has 2 aliphatic rings. The van der Waals surface area contributed by atoms with E-state index in [-0.39, 0.29) is 25.4 Å². The molecule has 2 aromatic rings. The Morgan fingerprint density at radius 1 is 0.885 bits per heavy atom. The van der Waals surface area contributed by atoms with Gasteiger partial charge in [0.05, 0.1) is 25.2 Å². The fourth-order valence-corrected chi connectivity index (χ4v) is 6.59. The van der Waals surface area contributed by atoms with Crippen LogP contribution in [0.3, 0.4) is 0 Å². The molecule has 1 saturated carbocycles. The number of urea groups is 1. The van der Waals surface area contributed by atoms with Gasteiger partial charge in [-0.25, -0.2) is 14.5 Å². The fourth-order valence-electron chi connectivity index (χ4n) is 6.59. The summed E-state index contributed by atoms with van der Waals surface area (Å²) in [5.41, 5.74) is 1.13. The number of benzene rings is 2. The Balaban J connectivity index is 0.00000358. The number of Topliss-reactive ketones (excluding diaryl/α,β-unsaturated/α-hetero) is 1. The molecule has 6 amide bonds. The summed E-state index contributed by atoms with van der Waals surface area (Å²) in [7, 11) is 1.66. The Labute approximate surface area is 305 Å². The maximum absolute atomic E-state index is 14.0. The van der Waals surface area contributed by atoms with Crippen LogP contribution in [0.1, 0.15) is 82.9 Å². The Morgan fingerprint density at radius 2 is 1.50 bits per heavy atom. The molecule has 4 unspecified atom stereocenters. The molecule has 1 aliphatic heterocycles. The SMILES string of the molecule is CC.CCCC(NC(=O)C1CN(Cc2ccccc2)C(=O)N1C(=O)C(NC)C1CCCCC1)C(=O)C(=O)NCC(=O)NC(C(=O)O)c1ccccc1. The molecule has 0 aromatic heterocycles. The molecule has 14 nitrogen and oxygen atoms in total. The van der Waals surface area contributed by atoms with Gasteiger partial charge in [-0.2, -0.15) is 0 Å². The van der Waals surface area contributed by atoms with Gasteiger partial charge in [0.1, 0.15) is 6.04 Å². The number of ketones is 1. The molecule has 0 bridgehead atoms. The molecular formula is C38H52N6O8. The molecule has 14 heteroatoms. The summed E-state index contributed by atoms with van der Waals surface area (Å²) < 4.78 is 0. The van der Waals surface area contributed by atoms with Crippen LogP contribution in [0.2, 0.25) is 0 Å². The van der Waals surface area contributed by atoms with Gasteiger partial charge < -0.3 is 31.3 Å². The second-order valence-electron chi connectivity index (χ2n) is 12.7. The Hall–Kier alpha value is -5.11. The maximum Gasteiger partial charge on any atom is 0.330 e. The van der Waals surface area contributed by atoms with Crippen LogP contribution in [0.15, 0.2) is 60.7 Å². The first-order valence-corrected chi connectivity index (χ1v) is 18.1. The molecule has 0 spiro atoms. The van der Waals surface area contributed by atoms with Gasteiger partial charge in [-0.15, -0.1) is 0 Å². The first-order valence-electron chi connectivity index (χ1n) is 18.1. The maximum atomic E-state index is 14.0. The van der Waals surface area contributed by atoms with Gasteiger partial charge in [-0.1, -0.05) is 107 Å². The Morgan fingerprint density at radius 3 is 2.08 bits per heavy atom. The summed E-state index contributed by atoms with van der Waals surface area (Å²) >= 11 is 0. The van der Waals surface area contributed by atoms with Crippen molar-refractivity contribution >= 4 is 41.4 Å². The third-order valence-electron chi connectivity index (χ3n) is 9.17. The third-order valence-corrected chi connectivity index (χ3v) is 9.17. The first kappa shape index (κ1) is 41.3. The highest BCUT2D eigenvalue weighted by atomic mass is 16.4. The number of imide groups is 1. The molecule has 2 fully saturated rings. The molecule has 5 N–H and O–H groups in total. The quantitative estimate of drug-likeness (QED) is 0.162. The predicted molar refractivity (Wildman–Crippen MR) is 193 cm³/mol. The van der Waals surface area contributed by atoms with Crippen molar-refractivity contribution in [3.8, 4) is 0 Å². The van der Waals surface area contributed by atoms with Crippen LogP contribution in [0.4, 0.5) is 4.79 Å². The van der Waals surface area contributed by atoms with Gasteiger partial charge in [0.2, 0.25) is 23.5 Å². The Bertz CT molecular complexity index is 1530. The summed E-state index contributed by atoms with van der Waals surface area (Å²) in [6, 6.07) is 11.9. The highest BCUT2D eigenvalue weighted by Crippen LogP contribution is 2.29. The number of hydrogen-bond acceptors (Lipinski definition) is 8. The van der Waals surface area contributed by atoms with Gasteiger partial charge in [-0.3, -0.25) is 24.0 Å². The Kier molecular flexibility index (Phi) is 16.4. The third kappa shape index (κ3) is 10.9. The molecule has 2 aromatic carbocycles. The van der Waals surface area contributed by atoms with Crippen LogP contribution in [-0.2, 0) is 35.3 Å². The average Bonchev–Trinajstić information content (AvgIpc) is 3.49. The number of hydrogen-bond donors (Lipinski definition) is 5. The lowest BCUT2D eigenvalue weighted by atomic mass is 9.83. The van der Waals surface area contributed by atoms with Crippen LogP contribution in [0.25, 0.3) is 0 Å². The van der Waals surface area contributed by atoms with E-state index in [4.69, 9.17) is 0 Å². The van der Waals surface area contributed by atoms with Crippen LogP contribution in [0, 0.1) is 5.92 Å². The fraction of sp³-hybridized carbons (Fsp3) is 0.500. The van der Waals surface area contributed by atoms with Crippen LogP contribution < -0.4 is 21.3 Å². The minimum Gasteiger partial charge on any atom is -0.479 e. The lowest BCUT2D eigenvalue weighted by Gasteiger charge is -2.32.